The molecule has 0 unspecified atom stereocenters. The van der Waals surface area contributed by atoms with E-state index in [2.05, 4.69) is 9.97 Å². The topological polar surface area (TPSA) is 72.8 Å². The summed E-state index contributed by atoms with van der Waals surface area (Å²) in [4.78, 5) is 20.0. The van der Waals surface area contributed by atoms with Crippen LogP contribution in [0.2, 0.25) is 0 Å². The van der Waals surface area contributed by atoms with Gasteiger partial charge >= 0.3 is 0 Å². The molecule has 1 heterocycles. The SMILES string of the molecule is CN(CCC#N)C(=O)CSc1ncc[nH]1. The lowest BCUT2D eigenvalue weighted by molar-refractivity contribution is -0.127. The third-order valence-corrected chi connectivity index (χ3v) is 2.68. The van der Waals surface area contributed by atoms with E-state index in [1.54, 1.807) is 24.3 Å². The van der Waals surface area contributed by atoms with Crippen LogP contribution in [-0.4, -0.2) is 40.1 Å². The summed E-state index contributed by atoms with van der Waals surface area (Å²) in [6.45, 7) is 0.480. The Kier molecular flexibility index (Phi) is 4.71. The summed E-state index contributed by atoms with van der Waals surface area (Å²) in [6.07, 6.45) is 3.73. The molecule has 5 nitrogen and oxygen atoms in total. The number of imidazole rings is 1. The van der Waals surface area contributed by atoms with Gasteiger partial charge in [-0.05, 0) is 0 Å². The second-order valence-electron chi connectivity index (χ2n) is 2.91. The molecule has 0 saturated heterocycles. The predicted molar refractivity (Wildman–Crippen MR) is 57.2 cm³/mol. The number of rotatable bonds is 5. The highest BCUT2D eigenvalue weighted by Crippen LogP contribution is 2.11. The van der Waals surface area contributed by atoms with Crippen LogP contribution in [0.25, 0.3) is 0 Å². The normalized spacial score (nSPS) is 9.60. The van der Waals surface area contributed by atoms with E-state index in [-0.39, 0.29) is 5.91 Å². The largest absolute Gasteiger partial charge is 0.344 e. The van der Waals surface area contributed by atoms with E-state index in [4.69, 9.17) is 5.26 Å². The van der Waals surface area contributed by atoms with Gasteiger partial charge in [-0.25, -0.2) is 4.98 Å². The predicted octanol–water partition coefficient (Wildman–Crippen LogP) is 0.874. The van der Waals surface area contributed by atoms with Crippen LogP contribution in [0.1, 0.15) is 6.42 Å². The minimum Gasteiger partial charge on any atom is -0.344 e. The first kappa shape index (κ1) is 11.6. The lowest BCUT2D eigenvalue weighted by Gasteiger charge is -2.14. The Hall–Kier alpha value is -1.48. The Bertz CT molecular complexity index is 343. The maximum atomic E-state index is 11.5. The summed E-state index contributed by atoms with van der Waals surface area (Å²) >= 11 is 1.36. The molecule has 0 atom stereocenters. The van der Waals surface area contributed by atoms with Gasteiger partial charge in [0.15, 0.2) is 5.16 Å². The standard InChI is InChI=1S/C9H12N4OS/c1-13(6-2-3-10)8(14)7-15-9-11-4-5-12-9/h4-5H,2,6-7H2,1H3,(H,11,12). The van der Waals surface area contributed by atoms with Gasteiger partial charge in [-0.1, -0.05) is 11.8 Å². The van der Waals surface area contributed by atoms with Crippen molar-refractivity contribution in [3.05, 3.63) is 12.4 Å². The molecule has 0 saturated carbocycles. The van der Waals surface area contributed by atoms with E-state index in [0.29, 0.717) is 18.7 Å². The molecule has 80 valence electrons. The molecule has 0 aliphatic rings. The molecule has 0 radical (unpaired) electrons. The van der Waals surface area contributed by atoms with Crippen LogP contribution < -0.4 is 0 Å². The van der Waals surface area contributed by atoms with Crippen molar-refractivity contribution in [2.75, 3.05) is 19.3 Å². The molecule has 1 amide bonds. The van der Waals surface area contributed by atoms with E-state index in [1.807, 2.05) is 6.07 Å². The number of nitriles is 1. The van der Waals surface area contributed by atoms with Gasteiger partial charge in [-0.15, -0.1) is 0 Å². The summed E-state index contributed by atoms with van der Waals surface area (Å²) in [5, 5.41) is 9.10. The van der Waals surface area contributed by atoms with E-state index < -0.39 is 0 Å². The van der Waals surface area contributed by atoms with Crippen molar-refractivity contribution in [1.29, 1.82) is 5.26 Å². The van der Waals surface area contributed by atoms with E-state index in [1.165, 1.54) is 11.8 Å². The fraction of sp³-hybridized carbons (Fsp3) is 0.444. The number of hydrogen-bond acceptors (Lipinski definition) is 4. The number of nitrogens with one attached hydrogen (secondary N) is 1. The van der Waals surface area contributed by atoms with Crippen LogP contribution in [0.5, 0.6) is 0 Å². The van der Waals surface area contributed by atoms with E-state index >= 15 is 0 Å². The van der Waals surface area contributed by atoms with Crippen LogP contribution in [0.15, 0.2) is 17.6 Å². The minimum absolute atomic E-state index is 0.00616. The maximum absolute atomic E-state index is 11.5. The summed E-state index contributed by atoms with van der Waals surface area (Å²) in [5.74, 6) is 0.349. The fourth-order valence-corrected chi connectivity index (χ4v) is 1.68. The highest BCUT2D eigenvalue weighted by molar-refractivity contribution is 7.99. The second kappa shape index (κ2) is 6.09. The van der Waals surface area contributed by atoms with Crippen molar-refractivity contribution in [2.24, 2.45) is 0 Å². The number of carbonyl (C=O) groups excluding carboxylic acids is 1. The zero-order valence-electron chi connectivity index (χ0n) is 8.43. The van der Waals surface area contributed by atoms with Gasteiger partial charge in [0, 0.05) is 26.0 Å². The van der Waals surface area contributed by atoms with Crippen molar-refractivity contribution in [3.63, 3.8) is 0 Å². The first-order chi connectivity index (χ1) is 7.24. The van der Waals surface area contributed by atoms with Crippen molar-refractivity contribution in [3.8, 4) is 6.07 Å². The van der Waals surface area contributed by atoms with Crippen molar-refractivity contribution in [2.45, 2.75) is 11.6 Å². The zero-order chi connectivity index (χ0) is 11.1. The van der Waals surface area contributed by atoms with Crippen LogP contribution in [0.3, 0.4) is 0 Å². The summed E-state index contributed by atoms with van der Waals surface area (Å²) < 4.78 is 0. The Morgan fingerprint density at radius 3 is 3.20 bits per heavy atom. The Balaban J connectivity index is 2.27. The number of thioether (sulfide) groups is 1. The summed E-state index contributed by atoms with van der Waals surface area (Å²) in [6, 6.07) is 2.00. The third kappa shape index (κ3) is 4.04. The fourth-order valence-electron chi connectivity index (χ4n) is 0.912. The van der Waals surface area contributed by atoms with Gasteiger partial charge in [0.25, 0.3) is 0 Å². The van der Waals surface area contributed by atoms with Crippen molar-refractivity contribution >= 4 is 17.7 Å². The maximum Gasteiger partial charge on any atom is 0.232 e. The van der Waals surface area contributed by atoms with Crippen LogP contribution >= 0.6 is 11.8 Å². The van der Waals surface area contributed by atoms with Crippen molar-refractivity contribution in [1.82, 2.24) is 14.9 Å². The second-order valence-corrected chi connectivity index (χ2v) is 3.87. The van der Waals surface area contributed by atoms with Crippen LogP contribution in [-0.2, 0) is 4.79 Å². The molecule has 0 aliphatic heterocycles. The molecule has 0 aliphatic carbocycles. The van der Waals surface area contributed by atoms with Crippen molar-refractivity contribution < 1.29 is 4.79 Å². The third-order valence-electron chi connectivity index (χ3n) is 1.79. The van der Waals surface area contributed by atoms with E-state index in [9.17, 15) is 4.79 Å². The lowest BCUT2D eigenvalue weighted by Crippen LogP contribution is -2.29. The average molecular weight is 224 g/mol. The van der Waals surface area contributed by atoms with Crippen LogP contribution in [0.4, 0.5) is 0 Å². The zero-order valence-corrected chi connectivity index (χ0v) is 9.25. The molecule has 1 aromatic heterocycles. The molecule has 0 bridgehead atoms. The Morgan fingerprint density at radius 2 is 2.60 bits per heavy atom. The highest BCUT2D eigenvalue weighted by Gasteiger charge is 2.09. The Labute approximate surface area is 92.5 Å². The van der Waals surface area contributed by atoms with Gasteiger partial charge in [0.05, 0.1) is 18.2 Å². The summed E-state index contributed by atoms with van der Waals surface area (Å²) in [5.41, 5.74) is 0. The molecular weight excluding hydrogens is 212 g/mol. The lowest BCUT2D eigenvalue weighted by atomic mass is 10.4. The van der Waals surface area contributed by atoms with Gasteiger partial charge in [-0.3, -0.25) is 4.79 Å². The van der Waals surface area contributed by atoms with Crippen LogP contribution in [0, 0.1) is 11.3 Å². The molecule has 1 rings (SSSR count). The molecule has 1 N–H and O–H groups in total. The first-order valence-electron chi connectivity index (χ1n) is 4.47. The molecule has 0 spiro atoms. The molecule has 0 fully saturated rings. The molecule has 0 aromatic carbocycles. The number of H-pyrrole nitrogens is 1. The van der Waals surface area contributed by atoms with Gasteiger partial charge in [0.1, 0.15) is 0 Å². The summed E-state index contributed by atoms with van der Waals surface area (Å²) in [7, 11) is 1.70. The van der Waals surface area contributed by atoms with Gasteiger partial charge in [-0.2, -0.15) is 5.26 Å². The molecule has 1 aromatic rings. The number of aromatic nitrogens is 2. The smallest absolute Gasteiger partial charge is 0.232 e. The number of hydrogen-bond donors (Lipinski definition) is 1. The molecule has 6 heteroatoms. The molecule has 15 heavy (non-hydrogen) atoms. The number of aromatic amines is 1. The monoisotopic (exact) mass is 224 g/mol. The average Bonchev–Trinajstić information content (AvgIpc) is 2.75. The number of amides is 1. The van der Waals surface area contributed by atoms with Gasteiger partial charge < -0.3 is 9.88 Å². The highest BCUT2D eigenvalue weighted by atomic mass is 32.2. The quantitative estimate of drug-likeness (QED) is 0.753. The molecular formula is C9H12N4OS. The number of nitrogens with zero attached hydrogens (tertiary/aromatic N) is 3. The Morgan fingerprint density at radius 1 is 1.80 bits per heavy atom. The first-order valence-corrected chi connectivity index (χ1v) is 5.45. The minimum atomic E-state index is 0.00616. The number of carbonyl (C=O) groups is 1. The van der Waals surface area contributed by atoms with E-state index in [0.717, 1.165) is 5.16 Å². The van der Waals surface area contributed by atoms with Gasteiger partial charge in [0.2, 0.25) is 5.91 Å².